The maximum absolute atomic E-state index is 11.6. The molecule has 6 nitrogen and oxygen atoms in total. The topological polar surface area (TPSA) is 77.7 Å². The number of aryl methyl sites for hydroxylation is 1. The van der Waals surface area contributed by atoms with Gasteiger partial charge in [0.2, 0.25) is 0 Å². The van der Waals surface area contributed by atoms with Crippen LogP contribution in [0, 0.1) is 0 Å². The Balaban J connectivity index is 3.10. The predicted octanol–water partition coefficient (Wildman–Crippen LogP) is -1.26. The molecule has 2 aromatic rings. The summed E-state index contributed by atoms with van der Waals surface area (Å²) in [5, 5.41) is 0. The molecule has 0 aliphatic carbocycles. The van der Waals surface area contributed by atoms with Gasteiger partial charge in [0, 0.05) is 0 Å². The van der Waals surface area contributed by atoms with E-state index in [2.05, 4.69) is 9.97 Å². The molecule has 0 unspecified atom stereocenters. The van der Waals surface area contributed by atoms with Gasteiger partial charge < -0.3 is 5.73 Å². The van der Waals surface area contributed by atoms with Crippen LogP contribution in [-0.4, -0.2) is 14.5 Å². The first kappa shape index (κ1) is 8.61. The van der Waals surface area contributed by atoms with E-state index in [-0.39, 0.29) is 5.69 Å². The van der Waals surface area contributed by atoms with Crippen molar-refractivity contribution in [1.82, 2.24) is 14.5 Å². The molecule has 14 heavy (non-hydrogen) atoms. The molecule has 0 bridgehead atoms. The number of nitrogens with two attached hydrogens (primary N) is 1. The lowest BCUT2D eigenvalue weighted by atomic mass is 10.4. The second-order valence-corrected chi connectivity index (χ2v) is 3.01. The quantitative estimate of drug-likeness (QED) is 0.528. The lowest BCUT2D eigenvalue weighted by Crippen LogP contribution is -2.52. The fourth-order valence-corrected chi connectivity index (χ4v) is 1.33. The second-order valence-electron chi connectivity index (χ2n) is 3.01. The van der Waals surface area contributed by atoms with Crippen molar-refractivity contribution in [2.24, 2.45) is 14.1 Å². The van der Waals surface area contributed by atoms with Gasteiger partial charge in [0.05, 0.1) is 20.3 Å². The third-order valence-electron chi connectivity index (χ3n) is 2.17. The number of aromatic nitrogens is 4. The van der Waals surface area contributed by atoms with E-state index in [0.717, 1.165) is 0 Å². The number of nitrogens with zero attached hydrogens (tertiary/aromatic N) is 4. The molecule has 2 rings (SSSR count). The zero-order chi connectivity index (χ0) is 10.3. The van der Waals surface area contributed by atoms with Crippen molar-refractivity contribution in [2.45, 2.75) is 0 Å². The van der Waals surface area contributed by atoms with E-state index in [9.17, 15) is 4.79 Å². The summed E-state index contributed by atoms with van der Waals surface area (Å²) in [4.78, 5) is 19.7. The Morgan fingerprint density at radius 2 is 2.07 bits per heavy atom. The Morgan fingerprint density at radius 1 is 1.43 bits per heavy atom. The molecule has 0 aliphatic rings. The molecule has 0 aliphatic heterocycles. The molecule has 0 fully saturated rings. The summed E-state index contributed by atoms with van der Waals surface area (Å²) < 4.78 is 2.76. The van der Waals surface area contributed by atoms with Crippen LogP contribution in [0.1, 0.15) is 0 Å². The van der Waals surface area contributed by atoms with Crippen LogP contribution < -0.4 is 16.0 Å². The molecule has 2 N–H and O–H groups in total. The van der Waals surface area contributed by atoms with E-state index < -0.39 is 0 Å². The first-order chi connectivity index (χ1) is 6.63. The summed E-state index contributed by atoms with van der Waals surface area (Å²) in [6.45, 7) is 0. The third kappa shape index (κ3) is 0.968. The van der Waals surface area contributed by atoms with Crippen LogP contribution in [-0.2, 0) is 14.1 Å². The number of fused-ring (bicyclic) bond motifs is 1. The van der Waals surface area contributed by atoms with Crippen molar-refractivity contribution in [3.8, 4) is 0 Å². The second kappa shape index (κ2) is 2.76. The Bertz CT molecular complexity index is 559. The molecule has 0 amide bonds. The summed E-state index contributed by atoms with van der Waals surface area (Å²) in [6, 6.07) is 0. The minimum absolute atomic E-state index is 0.212. The van der Waals surface area contributed by atoms with Crippen LogP contribution in [0.4, 0.5) is 5.82 Å². The molecule has 2 heterocycles. The molecule has 0 saturated heterocycles. The zero-order valence-electron chi connectivity index (χ0n) is 7.93. The number of hydrogen-bond donors (Lipinski definition) is 1. The molecule has 0 spiro atoms. The van der Waals surface area contributed by atoms with Gasteiger partial charge in [0.15, 0.2) is 11.3 Å². The van der Waals surface area contributed by atoms with Crippen LogP contribution in [0.5, 0.6) is 0 Å². The van der Waals surface area contributed by atoms with Gasteiger partial charge in [-0.2, -0.15) is 4.57 Å². The number of anilines is 1. The average molecular weight is 192 g/mol. The van der Waals surface area contributed by atoms with E-state index in [4.69, 9.17) is 5.73 Å². The van der Waals surface area contributed by atoms with Crippen LogP contribution in [0.25, 0.3) is 11.2 Å². The molecule has 6 heteroatoms. The lowest BCUT2D eigenvalue weighted by Gasteiger charge is -2.02. The minimum atomic E-state index is -0.212. The van der Waals surface area contributed by atoms with Crippen molar-refractivity contribution < 1.29 is 4.57 Å². The summed E-state index contributed by atoms with van der Waals surface area (Å²) in [5.41, 5.74) is 6.56. The zero-order valence-corrected chi connectivity index (χ0v) is 7.93. The van der Waals surface area contributed by atoms with Crippen molar-refractivity contribution in [1.29, 1.82) is 0 Å². The van der Waals surface area contributed by atoms with E-state index >= 15 is 0 Å². The highest BCUT2D eigenvalue weighted by Gasteiger charge is 2.16. The molecule has 0 atom stereocenters. The smallest absolute Gasteiger partial charge is 0.371 e. The van der Waals surface area contributed by atoms with Crippen molar-refractivity contribution in [3.63, 3.8) is 0 Å². The SMILES string of the molecule is Cn1c(N)c2nccnc2[n+](C)c1=O. The molecule has 72 valence electrons. The standard InChI is InChI=1S/C8H9N5O/c1-12-6(9)5-7(11-4-3-10-5)13(2)8(12)14/h3-4,9H,1-2H3/p+1. The molecule has 0 saturated carbocycles. The van der Waals surface area contributed by atoms with E-state index in [1.807, 2.05) is 0 Å². The first-order valence-electron chi connectivity index (χ1n) is 4.08. The van der Waals surface area contributed by atoms with Gasteiger partial charge in [-0.1, -0.05) is 0 Å². The Labute approximate surface area is 79.6 Å². The largest absolute Gasteiger partial charge is 0.444 e. The van der Waals surface area contributed by atoms with E-state index in [1.165, 1.54) is 15.3 Å². The van der Waals surface area contributed by atoms with Gasteiger partial charge in [-0.25, -0.2) is 14.3 Å². The van der Waals surface area contributed by atoms with E-state index in [0.29, 0.717) is 17.0 Å². The maximum Gasteiger partial charge on any atom is 0.444 e. The first-order valence-corrected chi connectivity index (χ1v) is 4.08. The molecular formula is C8H10N5O+. The highest BCUT2D eigenvalue weighted by molar-refractivity contribution is 5.77. The lowest BCUT2D eigenvalue weighted by molar-refractivity contribution is -0.666. The molecule has 2 aromatic heterocycles. The Kier molecular flexibility index (Phi) is 1.70. The highest BCUT2D eigenvalue weighted by atomic mass is 16.1. The Hall–Kier alpha value is -1.98. The number of hydrogen-bond acceptors (Lipinski definition) is 4. The van der Waals surface area contributed by atoms with Gasteiger partial charge in [0.25, 0.3) is 5.65 Å². The molecule has 0 aromatic carbocycles. The summed E-state index contributed by atoms with van der Waals surface area (Å²) in [5.74, 6) is 0.330. The van der Waals surface area contributed by atoms with Crippen molar-refractivity contribution in [3.05, 3.63) is 22.9 Å². The number of rotatable bonds is 0. The average Bonchev–Trinajstić information content (AvgIpc) is 2.23. The van der Waals surface area contributed by atoms with Crippen LogP contribution in [0.2, 0.25) is 0 Å². The summed E-state index contributed by atoms with van der Waals surface area (Å²) in [7, 11) is 3.24. The van der Waals surface area contributed by atoms with Gasteiger partial charge in [0.1, 0.15) is 6.20 Å². The van der Waals surface area contributed by atoms with E-state index in [1.54, 1.807) is 20.3 Å². The summed E-state index contributed by atoms with van der Waals surface area (Å²) in [6.07, 6.45) is 3.07. The van der Waals surface area contributed by atoms with Crippen molar-refractivity contribution in [2.75, 3.05) is 5.73 Å². The third-order valence-corrected chi connectivity index (χ3v) is 2.17. The fraction of sp³-hybridized carbons (Fsp3) is 0.250. The van der Waals surface area contributed by atoms with Gasteiger partial charge in [-0.15, -0.1) is 4.98 Å². The van der Waals surface area contributed by atoms with Gasteiger partial charge >= 0.3 is 5.69 Å². The molecule has 0 radical (unpaired) electrons. The monoisotopic (exact) mass is 192 g/mol. The highest BCUT2D eigenvalue weighted by Crippen LogP contribution is 2.08. The maximum atomic E-state index is 11.6. The van der Waals surface area contributed by atoms with Crippen LogP contribution in [0.3, 0.4) is 0 Å². The van der Waals surface area contributed by atoms with Crippen LogP contribution in [0.15, 0.2) is 17.2 Å². The molecular weight excluding hydrogens is 182 g/mol. The number of nitrogen functional groups attached to an aromatic ring is 1. The van der Waals surface area contributed by atoms with Gasteiger partial charge in [-0.05, 0) is 0 Å². The Morgan fingerprint density at radius 3 is 2.79 bits per heavy atom. The van der Waals surface area contributed by atoms with Crippen LogP contribution >= 0.6 is 0 Å². The minimum Gasteiger partial charge on any atom is -0.371 e. The fourth-order valence-electron chi connectivity index (χ4n) is 1.33. The summed E-state index contributed by atoms with van der Waals surface area (Å²) >= 11 is 0. The van der Waals surface area contributed by atoms with Gasteiger partial charge in [-0.3, -0.25) is 0 Å². The normalized spacial score (nSPS) is 10.7. The van der Waals surface area contributed by atoms with Crippen molar-refractivity contribution >= 4 is 17.0 Å². The predicted molar refractivity (Wildman–Crippen MR) is 50.4 cm³/mol.